The van der Waals surface area contributed by atoms with Gasteiger partial charge in [0.15, 0.2) is 0 Å². The van der Waals surface area contributed by atoms with E-state index in [9.17, 15) is 4.79 Å². The highest BCUT2D eigenvalue weighted by molar-refractivity contribution is 5.36. The van der Waals surface area contributed by atoms with E-state index >= 15 is 0 Å². The van der Waals surface area contributed by atoms with Gasteiger partial charge >= 0.3 is 0 Å². The zero-order chi connectivity index (χ0) is 6.41. The van der Waals surface area contributed by atoms with Crippen LogP contribution in [0.1, 0.15) is 21.1 Å². The highest BCUT2D eigenvalue weighted by Gasteiger charge is 1.78. The molecule has 0 heterocycles. The Morgan fingerprint density at radius 3 is 3.14 bits per heavy atom. The number of rotatable bonds is 4. The molecule has 42 valence electrons. The highest BCUT2D eigenvalue weighted by Crippen LogP contribution is 1.83. The number of hydrogen-bond donors (Lipinski definition) is 0. The second-order valence-corrected chi connectivity index (χ2v) is 1.19. The van der Waals surface area contributed by atoms with E-state index < -0.39 is 6.58 Å². The van der Waals surface area contributed by atoms with Crippen LogP contribution in [0.25, 0.3) is 0 Å². The van der Waals surface area contributed by atoms with Crippen LogP contribution < -0.4 is 0 Å². The fourth-order valence-corrected chi connectivity index (χ4v) is 0.225. The van der Waals surface area contributed by atoms with Crippen molar-refractivity contribution < 1.29 is 10.9 Å². The lowest BCUT2D eigenvalue weighted by atomic mass is 10.4. The second-order valence-electron chi connectivity index (χ2n) is 1.19. The van der Waals surface area contributed by atoms with Gasteiger partial charge in [-0.25, -0.2) is 0 Å². The number of carbonyl (C=O) groups excluding carboxylic acids is 1. The van der Waals surface area contributed by atoms with Crippen molar-refractivity contribution in [2.45, 2.75) is 19.8 Å². The van der Waals surface area contributed by atoms with Crippen LogP contribution in [0.15, 0.2) is 0 Å². The molecule has 0 bridgehead atoms. The molecule has 1 atom stereocenters. The van der Waals surface area contributed by atoms with Crippen molar-refractivity contribution in [2.24, 2.45) is 0 Å². The van der Waals surface area contributed by atoms with Gasteiger partial charge in [-0.05, 0) is 6.42 Å². The quantitative estimate of drug-likeness (QED) is 0.495. The van der Waals surface area contributed by atoms with Crippen LogP contribution in [0.2, 0.25) is 0 Å². The predicted octanol–water partition coefficient (Wildman–Crippen LogP) is 0.960. The minimum absolute atomic E-state index is 0.313. The predicted molar refractivity (Wildman–Crippen MR) is 26.9 cm³/mol. The van der Waals surface area contributed by atoms with Gasteiger partial charge in [-0.15, -0.1) is 0 Å². The molecule has 0 fully saturated rings. The van der Waals surface area contributed by atoms with Crippen molar-refractivity contribution in [1.29, 1.82) is 0 Å². The van der Waals surface area contributed by atoms with Crippen molar-refractivity contribution in [1.82, 2.24) is 0 Å². The summed E-state index contributed by atoms with van der Waals surface area (Å²) in [4.78, 5) is 9.55. The van der Waals surface area contributed by atoms with Crippen LogP contribution in [0.3, 0.4) is 0 Å². The van der Waals surface area contributed by atoms with E-state index in [4.69, 9.17) is 1.37 Å². The van der Waals surface area contributed by atoms with Crippen LogP contribution >= 0.6 is 0 Å². The maximum Gasteiger partial charge on any atom is 0.293 e. The van der Waals surface area contributed by atoms with Crippen LogP contribution in [0.4, 0.5) is 0 Å². The Morgan fingerprint density at radius 2 is 2.71 bits per heavy atom. The highest BCUT2D eigenvalue weighted by atomic mass is 16.5. The molecular weight excluding hydrogens is 92.1 g/mol. The maximum atomic E-state index is 9.55. The molecule has 0 amide bonds. The molecule has 2 heteroatoms. The number of carbonyl (C=O) groups is 1. The summed E-state index contributed by atoms with van der Waals surface area (Å²) < 4.78 is 11.2. The van der Waals surface area contributed by atoms with E-state index in [1.54, 1.807) is 0 Å². The fourth-order valence-electron chi connectivity index (χ4n) is 0.225. The zero-order valence-corrected chi connectivity index (χ0v) is 4.39. The van der Waals surface area contributed by atoms with Crippen molar-refractivity contribution in [2.75, 3.05) is 6.58 Å². The van der Waals surface area contributed by atoms with E-state index in [0.29, 0.717) is 12.9 Å². The summed E-state index contributed by atoms with van der Waals surface area (Å²) in [7, 11) is 0. The smallest absolute Gasteiger partial charge is 0.293 e. The molecule has 0 aromatic rings. The average molecular weight is 103 g/mol. The SMILES string of the molecule is [2H][C@@H](CCC)OC=O. The lowest BCUT2D eigenvalue weighted by molar-refractivity contribution is -0.128. The van der Waals surface area contributed by atoms with Crippen molar-refractivity contribution in [3.8, 4) is 0 Å². The van der Waals surface area contributed by atoms with Crippen molar-refractivity contribution >= 4 is 6.47 Å². The molecule has 0 rings (SSSR count). The summed E-state index contributed by atoms with van der Waals surface area (Å²) >= 11 is 0. The van der Waals surface area contributed by atoms with Gasteiger partial charge in [0.05, 0.1) is 7.95 Å². The van der Waals surface area contributed by atoms with Gasteiger partial charge < -0.3 is 4.74 Å². The average Bonchev–Trinajstić information content (AvgIpc) is 1.68. The van der Waals surface area contributed by atoms with Gasteiger partial charge in [-0.1, -0.05) is 13.3 Å². The molecule has 0 spiro atoms. The summed E-state index contributed by atoms with van der Waals surface area (Å²) in [5.74, 6) is 0. The summed E-state index contributed by atoms with van der Waals surface area (Å²) in [6.45, 7) is 1.60. The van der Waals surface area contributed by atoms with E-state index in [2.05, 4.69) is 4.74 Å². The summed E-state index contributed by atoms with van der Waals surface area (Å²) in [6.07, 6.45) is 1.50. The summed E-state index contributed by atoms with van der Waals surface area (Å²) in [5, 5.41) is 0. The molecule has 0 aliphatic carbocycles. The topological polar surface area (TPSA) is 26.3 Å². The number of hydrogen-bond acceptors (Lipinski definition) is 2. The van der Waals surface area contributed by atoms with E-state index in [1.165, 1.54) is 0 Å². The van der Waals surface area contributed by atoms with Gasteiger partial charge in [0.25, 0.3) is 6.47 Å². The standard InChI is InChI=1S/C5H10O2/c1-2-3-4-7-5-6/h5H,2-4H2,1H3/i4D/t4-/m0/s1. The third-order valence-corrected chi connectivity index (χ3v) is 0.558. The number of ether oxygens (including phenoxy) is 1. The molecule has 0 aliphatic heterocycles. The van der Waals surface area contributed by atoms with Crippen LogP contribution in [-0.2, 0) is 9.53 Å². The summed E-state index contributed by atoms with van der Waals surface area (Å²) in [6, 6.07) is 0. The maximum absolute atomic E-state index is 9.55. The molecule has 7 heavy (non-hydrogen) atoms. The molecule has 0 saturated heterocycles. The Balaban J connectivity index is 3.03. The molecule has 0 saturated carbocycles. The van der Waals surface area contributed by atoms with Crippen LogP contribution in [-0.4, -0.2) is 13.1 Å². The molecule has 0 radical (unpaired) electrons. The second kappa shape index (κ2) is 5.47. The Hall–Kier alpha value is -0.530. The molecule has 2 nitrogen and oxygen atoms in total. The van der Waals surface area contributed by atoms with Gasteiger partial charge in [0.1, 0.15) is 0 Å². The lowest BCUT2D eigenvalue weighted by Gasteiger charge is -1.90. The van der Waals surface area contributed by atoms with Gasteiger partial charge in [-0.3, -0.25) is 4.79 Å². The Labute approximate surface area is 44.9 Å². The van der Waals surface area contributed by atoms with Gasteiger partial charge in [0, 0.05) is 0 Å². The Bertz CT molecular complexity index is 65.4. The minimum Gasteiger partial charge on any atom is -0.468 e. The first kappa shape index (κ1) is 4.62. The van der Waals surface area contributed by atoms with Crippen molar-refractivity contribution in [3.63, 3.8) is 0 Å². The van der Waals surface area contributed by atoms with Gasteiger partial charge in [0.2, 0.25) is 0 Å². The van der Waals surface area contributed by atoms with E-state index in [1.807, 2.05) is 6.92 Å². The van der Waals surface area contributed by atoms with E-state index in [-0.39, 0.29) is 0 Å². The van der Waals surface area contributed by atoms with Crippen LogP contribution in [0.5, 0.6) is 0 Å². The van der Waals surface area contributed by atoms with Crippen molar-refractivity contribution in [3.05, 3.63) is 0 Å². The normalized spacial score (nSPS) is 14.7. The molecule has 0 unspecified atom stereocenters. The first-order valence-corrected chi connectivity index (χ1v) is 2.32. The monoisotopic (exact) mass is 103 g/mol. The Morgan fingerprint density at radius 1 is 2.00 bits per heavy atom. The third kappa shape index (κ3) is 5.47. The Kier molecular flexibility index (Phi) is 3.61. The molecule has 0 aliphatic rings. The molecular formula is C5H10O2. The first-order chi connectivity index (χ1) is 3.81. The van der Waals surface area contributed by atoms with Gasteiger partial charge in [-0.2, -0.15) is 0 Å². The molecule has 0 N–H and O–H groups in total. The third-order valence-electron chi connectivity index (χ3n) is 0.558. The summed E-state index contributed by atoms with van der Waals surface area (Å²) in [5.41, 5.74) is 0. The largest absolute Gasteiger partial charge is 0.468 e. The molecule has 0 aromatic carbocycles. The molecule has 0 aromatic heterocycles. The fraction of sp³-hybridized carbons (Fsp3) is 0.800. The first-order valence-electron chi connectivity index (χ1n) is 2.90. The van der Waals surface area contributed by atoms with E-state index in [0.717, 1.165) is 6.42 Å². The minimum atomic E-state index is -0.655. The zero-order valence-electron chi connectivity index (χ0n) is 5.39. The van der Waals surface area contributed by atoms with Crippen LogP contribution in [0, 0.1) is 0 Å². The lowest BCUT2D eigenvalue weighted by Crippen LogP contribution is -1.88.